The van der Waals surface area contributed by atoms with E-state index in [0.29, 0.717) is 6.61 Å². The van der Waals surface area contributed by atoms with Crippen LogP contribution in [0, 0.1) is 12.3 Å². The first-order valence-corrected chi connectivity index (χ1v) is 8.03. The summed E-state index contributed by atoms with van der Waals surface area (Å²) >= 11 is 5.91. The summed E-state index contributed by atoms with van der Waals surface area (Å²) in [6.45, 7) is 6.42. The number of benzene rings is 1. The predicted molar refractivity (Wildman–Crippen MR) is 86.7 cm³/mol. The molecule has 5 heteroatoms. The van der Waals surface area contributed by atoms with Crippen LogP contribution in [0.25, 0.3) is 0 Å². The minimum atomic E-state index is -0.273. The van der Waals surface area contributed by atoms with Gasteiger partial charge in [-0.15, -0.1) is 6.42 Å². The summed E-state index contributed by atoms with van der Waals surface area (Å²) in [4.78, 5) is 4.73. The van der Waals surface area contributed by atoms with Gasteiger partial charge in [-0.25, -0.2) is 0 Å². The van der Waals surface area contributed by atoms with Crippen molar-refractivity contribution < 1.29 is 9.47 Å². The van der Waals surface area contributed by atoms with Crippen LogP contribution < -0.4 is 0 Å². The lowest BCUT2D eigenvalue weighted by Crippen LogP contribution is -2.48. The molecule has 1 aromatic rings. The zero-order chi connectivity index (χ0) is 15.4. The maximum absolute atomic E-state index is 6.01. The topological polar surface area (TPSA) is 24.9 Å². The molecule has 118 valence electrons. The Bertz CT molecular complexity index is 520. The average molecular weight is 321 g/mol. The first-order valence-electron chi connectivity index (χ1n) is 7.65. The Kier molecular flexibility index (Phi) is 5.35. The zero-order valence-corrected chi connectivity index (χ0v) is 13.3. The quantitative estimate of drug-likeness (QED) is 0.792. The molecule has 0 unspecified atom stereocenters. The largest absolute Gasteiger partial charge is 0.346 e. The lowest BCUT2D eigenvalue weighted by molar-refractivity contribution is -0.0655. The number of terminal acetylenes is 1. The second-order valence-corrected chi connectivity index (χ2v) is 6.19. The Hall–Kier alpha value is -1.09. The molecule has 2 aliphatic rings. The summed E-state index contributed by atoms with van der Waals surface area (Å²) in [6, 6.07) is 7.63. The molecular formula is C17H21ClN2O2. The van der Waals surface area contributed by atoms with Gasteiger partial charge in [0.25, 0.3) is 0 Å². The molecule has 22 heavy (non-hydrogen) atoms. The highest BCUT2D eigenvalue weighted by Gasteiger charge is 2.29. The van der Waals surface area contributed by atoms with Crippen molar-refractivity contribution in [3.05, 3.63) is 34.9 Å². The van der Waals surface area contributed by atoms with Gasteiger partial charge in [-0.05, 0) is 12.1 Å². The van der Waals surface area contributed by atoms with Crippen molar-refractivity contribution in [2.45, 2.75) is 12.4 Å². The summed E-state index contributed by atoms with van der Waals surface area (Å²) in [5.41, 5.74) is 1.02. The van der Waals surface area contributed by atoms with Gasteiger partial charge in [0.05, 0.1) is 19.3 Å². The molecule has 0 radical (unpaired) electrons. The number of ether oxygens (including phenoxy) is 2. The second-order valence-electron chi connectivity index (χ2n) is 5.76. The van der Waals surface area contributed by atoms with Crippen LogP contribution in [0.4, 0.5) is 0 Å². The predicted octanol–water partition coefficient (Wildman–Crippen LogP) is 2.00. The molecule has 3 rings (SSSR count). The fraction of sp³-hybridized carbons (Fsp3) is 0.529. The Morgan fingerprint density at radius 1 is 1.14 bits per heavy atom. The molecule has 2 heterocycles. The molecule has 1 aromatic carbocycles. The van der Waals surface area contributed by atoms with Gasteiger partial charge in [-0.1, -0.05) is 29.7 Å². The fourth-order valence-corrected chi connectivity index (χ4v) is 3.01. The van der Waals surface area contributed by atoms with Crippen LogP contribution in [-0.2, 0) is 9.47 Å². The molecule has 2 saturated heterocycles. The summed E-state index contributed by atoms with van der Waals surface area (Å²) in [7, 11) is 0. The van der Waals surface area contributed by atoms with Gasteiger partial charge in [0, 0.05) is 43.3 Å². The first kappa shape index (κ1) is 15.8. The highest BCUT2D eigenvalue weighted by atomic mass is 35.5. The standard InChI is InChI=1S/C17H21ClN2O2/c1-2-7-19-8-10-20(11-9-19)12-16-13-21-17(22-16)14-3-5-15(18)6-4-14/h1,3-6,16-17H,7-13H2/t16-,17+/m1/s1. The highest BCUT2D eigenvalue weighted by Crippen LogP contribution is 2.28. The maximum Gasteiger partial charge on any atom is 0.184 e. The van der Waals surface area contributed by atoms with Crippen molar-refractivity contribution >= 4 is 11.6 Å². The second kappa shape index (κ2) is 7.45. The van der Waals surface area contributed by atoms with Crippen molar-refractivity contribution in [3.8, 4) is 12.3 Å². The van der Waals surface area contributed by atoms with E-state index in [9.17, 15) is 0 Å². The molecule has 2 fully saturated rings. The van der Waals surface area contributed by atoms with E-state index < -0.39 is 0 Å². The normalized spacial score (nSPS) is 26.9. The Morgan fingerprint density at radius 3 is 2.50 bits per heavy atom. The zero-order valence-electron chi connectivity index (χ0n) is 12.6. The minimum absolute atomic E-state index is 0.125. The van der Waals surface area contributed by atoms with E-state index in [1.807, 2.05) is 24.3 Å². The monoisotopic (exact) mass is 320 g/mol. The van der Waals surface area contributed by atoms with Gasteiger partial charge in [-0.3, -0.25) is 9.80 Å². The molecule has 4 nitrogen and oxygen atoms in total. The molecule has 0 aromatic heterocycles. The number of hydrogen-bond acceptors (Lipinski definition) is 4. The van der Waals surface area contributed by atoms with E-state index in [-0.39, 0.29) is 12.4 Å². The summed E-state index contributed by atoms with van der Waals surface area (Å²) < 4.78 is 11.8. The molecule has 2 aliphatic heterocycles. The Morgan fingerprint density at radius 2 is 1.82 bits per heavy atom. The van der Waals surface area contributed by atoms with Gasteiger partial charge in [0.15, 0.2) is 6.29 Å². The van der Waals surface area contributed by atoms with E-state index in [1.54, 1.807) is 0 Å². The van der Waals surface area contributed by atoms with E-state index >= 15 is 0 Å². The van der Waals surface area contributed by atoms with E-state index in [4.69, 9.17) is 27.5 Å². The maximum atomic E-state index is 6.01. The van der Waals surface area contributed by atoms with Gasteiger partial charge in [-0.2, -0.15) is 0 Å². The van der Waals surface area contributed by atoms with Gasteiger partial charge < -0.3 is 9.47 Å². The van der Waals surface area contributed by atoms with Gasteiger partial charge >= 0.3 is 0 Å². The molecule has 0 spiro atoms. The lowest BCUT2D eigenvalue weighted by Gasteiger charge is -2.34. The van der Waals surface area contributed by atoms with E-state index in [1.165, 1.54) is 0 Å². The van der Waals surface area contributed by atoms with Crippen molar-refractivity contribution in [1.82, 2.24) is 9.80 Å². The van der Waals surface area contributed by atoms with Crippen LogP contribution in [0.15, 0.2) is 24.3 Å². The molecule has 0 N–H and O–H groups in total. The molecule has 2 atom stereocenters. The minimum Gasteiger partial charge on any atom is -0.346 e. The number of rotatable bonds is 4. The molecule has 0 saturated carbocycles. The third kappa shape index (κ3) is 4.01. The Balaban J connectivity index is 1.46. The number of halogens is 1. The smallest absolute Gasteiger partial charge is 0.184 e. The van der Waals surface area contributed by atoms with Crippen LogP contribution >= 0.6 is 11.6 Å². The average Bonchev–Trinajstić information content (AvgIpc) is 2.99. The fourth-order valence-electron chi connectivity index (χ4n) is 2.89. The third-order valence-corrected chi connectivity index (χ3v) is 4.39. The SMILES string of the molecule is C#CCN1CCN(C[C@@H]2CO[C@H](c3ccc(Cl)cc3)O2)CC1. The lowest BCUT2D eigenvalue weighted by atomic mass is 10.2. The van der Waals surface area contributed by atoms with Crippen molar-refractivity contribution in [2.75, 3.05) is 45.9 Å². The van der Waals surface area contributed by atoms with E-state index in [0.717, 1.165) is 49.9 Å². The van der Waals surface area contributed by atoms with Crippen LogP contribution in [0.5, 0.6) is 0 Å². The molecular weight excluding hydrogens is 300 g/mol. The van der Waals surface area contributed by atoms with Crippen LogP contribution in [-0.4, -0.2) is 61.8 Å². The van der Waals surface area contributed by atoms with Crippen LogP contribution in [0.2, 0.25) is 5.02 Å². The number of nitrogens with zero attached hydrogens (tertiary/aromatic N) is 2. The van der Waals surface area contributed by atoms with Crippen molar-refractivity contribution in [3.63, 3.8) is 0 Å². The van der Waals surface area contributed by atoms with Crippen LogP contribution in [0.1, 0.15) is 11.9 Å². The van der Waals surface area contributed by atoms with Gasteiger partial charge in [0.1, 0.15) is 0 Å². The third-order valence-electron chi connectivity index (χ3n) is 4.13. The van der Waals surface area contributed by atoms with Gasteiger partial charge in [0.2, 0.25) is 0 Å². The van der Waals surface area contributed by atoms with Crippen LogP contribution in [0.3, 0.4) is 0 Å². The van der Waals surface area contributed by atoms with E-state index in [2.05, 4.69) is 15.7 Å². The molecule has 0 aliphatic carbocycles. The highest BCUT2D eigenvalue weighted by molar-refractivity contribution is 6.30. The van der Waals surface area contributed by atoms with Crippen molar-refractivity contribution in [2.24, 2.45) is 0 Å². The summed E-state index contributed by atoms with van der Waals surface area (Å²) in [5, 5.41) is 0.725. The number of hydrogen-bond donors (Lipinski definition) is 0. The van der Waals surface area contributed by atoms with Crippen molar-refractivity contribution in [1.29, 1.82) is 0 Å². The summed E-state index contributed by atoms with van der Waals surface area (Å²) in [5.74, 6) is 2.71. The molecule has 0 amide bonds. The molecule has 0 bridgehead atoms. The summed E-state index contributed by atoms with van der Waals surface area (Å²) in [6.07, 6.45) is 5.21. The first-order chi connectivity index (χ1) is 10.7. The Labute approximate surface area is 136 Å². The number of piperazine rings is 1.